The monoisotopic (exact) mass is 722 g/mol. The summed E-state index contributed by atoms with van der Waals surface area (Å²) in [5, 5.41) is 0. The SMILES string of the molecule is CCC1=[C](/[Zr+2](=[CH]/c2ccc(F)cc2)[CH]2c3ccc(C(C)(C)C)cc3-c3cc(C(C)(C)C)ccc32)C(CC)C=C1C(C)(C)C.[Cl-].[Cl-]. The van der Waals surface area contributed by atoms with Crippen molar-refractivity contribution in [2.75, 3.05) is 0 Å². The summed E-state index contributed by atoms with van der Waals surface area (Å²) in [7, 11) is 0. The standard InChI is InChI=1S/C21H25.C13H21.C7H5F.2ClH.Zr/c1-20(2,3)16-9-7-14-11-15-8-10-17(21(4,5)6)13-19(15)18(14)12-16;1-6-10-8-11(7-2)12(9-10)13(3,4)5;1-6-2-4-7(8)5-3-6;;;/h7-13H,1-6H3;9-10H,6-7H2,1-5H3;1-5H;2*1H;/q;;;;;+2/p-2. The minimum atomic E-state index is -2.69. The number of halogens is 3. The Morgan fingerprint density at radius 3 is 1.58 bits per heavy atom. The maximum absolute atomic E-state index is 14.1. The number of fused-ring (bicyclic) bond motifs is 3. The van der Waals surface area contributed by atoms with Gasteiger partial charge in [0.15, 0.2) is 0 Å². The molecule has 0 fully saturated rings. The Hall–Kier alpha value is -1.60. The van der Waals surface area contributed by atoms with Crippen LogP contribution in [-0.4, -0.2) is 3.71 Å². The van der Waals surface area contributed by atoms with Crippen LogP contribution in [0.4, 0.5) is 4.39 Å². The molecule has 0 radical (unpaired) electrons. The first-order valence-corrected chi connectivity index (χ1v) is 20.3. The van der Waals surface area contributed by atoms with Crippen molar-refractivity contribution in [3.63, 3.8) is 0 Å². The quantitative estimate of drug-likeness (QED) is 0.320. The molecule has 0 aromatic heterocycles. The Bertz CT molecular complexity index is 1570. The summed E-state index contributed by atoms with van der Waals surface area (Å²) in [6.45, 7) is 25.8. The number of rotatable bonds is 5. The van der Waals surface area contributed by atoms with Gasteiger partial charge in [0.05, 0.1) is 0 Å². The van der Waals surface area contributed by atoms with Gasteiger partial charge in [-0.2, -0.15) is 0 Å². The van der Waals surface area contributed by atoms with Gasteiger partial charge in [-0.25, -0.2) is 0 Å². The van der Waals surface area contributed by atoms with E-state index in [2.05, 4.69) is 122 Å². The molecule has 3 aromatic rings. The minimum Gasteiger partial charge on any atom is -1.00 e. The summed E-state index contributed by atoms with van der Waals surface area (Å²) in [6.07, 6.45) is 4.81. The number of hydrogen-bond donors (Lipinski definition) is 0. The van der Waals surface area contributed by atoms with E-state index in [0.717, 1.165) is 12.8 Å². The molecule has 0 N–H and O–H groups in total. The topological polar surface area (TPSA) is 0 Å². The molecule has 0 amide bonds. The van der Waals surface area contributed by atoms with E-state index in [9.17, 15) is 4.39 Å². The van der Waals surface area contributed by atoms with Crippen molar-refractivity contribution in [3.8, 4) is 11.1 Å². The van der Waals surface area contributed by atoms with E-state index < -0.39 is 21.3 Å². The van der Waals surface area contributed by atoms with Gasteiger partial charge in [0.2, 0.25) is 0 Å². The van der Waals surface area contributed by atoms with E-state index in [1.807, 2.05) is 12.1 Å². The Balaban J connectivity index is 0.00000276. The van der Waals surface area contributed by atoms with Crippen LogP contribution in [0.3, 0.4) is 0 Å². The molecule has 1 unspecified atom stereocenters. The summed E-state index contributed by atoms with van der Waals surface area (Å²) in [5.41, 5.74) is 13.3. The maximum Gasteiger partial charge on any atom is -1.00 e. The predicted molar refractivity (Wildman–Crippen MR) is 181 cm³/mol. The van der Waals surface area contributed by atoms with Crippen LogP contribution >= 0.6 is 0 Å². The molecule has 0 heterocycles. The fourth-order valence-corrected chi connectivity index (χ4v) is 16.3. The van der Waals surface area contributed by atoms with E-state index in [1.54, 1.807) is 26.6 Å². The minimum absolute atomic E-state index is 0. The van der Waals surface area contributed by atoms with Crippen LogP contribution in [0.1, 0.15) is 120 Å². The van der Waals surface area contributed by atoms with Crippen molar-refractivity contribution < 1.29 is 50.5 Å². The van der Waals surface area contributed by atoms with Gasteiger partial charge in [-0.3, -0.25) is 0 Å². The molecule has 0 saturated heterocycles. The molecule has 0 bridgehead atoms. The van der Waals surface area contributed by atoms with E-state index in [1.165, 1.54) is 38.9 Å². The maximum atomic E-state index is 14.1. The van der Waals surface area contributed by atoms with E-state index in [-0.39, 0.29) is 46.9 Å². The Labute approximate surface area is 293 Å². The molecule has 0 aliphatic heterocycles. The number of benzene rings is 3. The molecule has 240 valence electrons. The van der Waals surface area contributed by atoms with Crippen LogP contribution in [0.2, 0.25) is 0 Å². The normalized spacial score (nSPS) is 16.6. The van der Waals surface area contributed by atoms with Gasteiger partial charge in [0, 0.05) is 0 Å². The van der Waals surface area contributed by atoms with Crippen LogP contribution in [0, 0.1) is 17.2 Å². The fraction of sp³-hybridized carbons (Fsp3) is 0.439. The first-order valence-electron chi connectivity index (χ1n) is 16.3. The second-order valence-electron chi connectivity index (χ2n) is 15.8. The first-order chi connectivity index (χ1) is 20.0. The Morgan fingerprint density at radius 2 is 1.18 bits per heavy atom. The summed E-state index contributed by atoms with van der Waals surface area (Å²) >= 11 is -2.69. The average Bonchev–Trinajstić information content (AvgIpc) is 3.47. The van der Waals surface area contributed by atoms with Crippen LogP contribution in [0.15, 0.2) is 81.2 Å². The molecule has 1 atom stereocenters. The fourth-order valence-electron chi connectivity index (χ4n) is 7.12. The van der Waals surface area contributed by atoms with Crippen molar-refractivity contribution in [1.29, 1.82) is 0 Å². The van der Waals surface area contributed by atoms with Gasteiger partial charge in [-0.1, -0.05) is 0 Å². The summed E-state index contributed by atoms with van der Waals surface area (Å²) in [6, 6.07) is 22.0. The van der Waals surface area contributed by atoms with Gasteiger partial charge >= 0.3 is 270 Å². The van der Waals surface area contributed by atoms with Crippen LogP contribution < -0.4 is 24.8 Å². The zero-order valence-corrected chi connectivity index (χ0v) is 33.1. The number of hydrogen-bond acceptors (Lipinski definition) is 0. The molecular formula is C41H51Cl2FZr. The smallest absolute Gasteiger partial charge is 1.00 e. The van der Waals surface area contributed by atoms with Crippen LogP contribution in [0.25, 0.3) is 11.1 Å². The molecule has 2 aliphatic rings. The summed E-state index contributed by atoms with van der Waals surface area (Å²) in [4.78, 5) is 0. The number of allylic oxidation sites excluding steroid dienone is 4. The van der Waals surface area contributed by atoms with Gasteiger partial charge in [0.1, 0.15) is 0 Å². The van der Waals surface area contributed by atoms with Crippen LogP contribution in [0.5, 0.6) is 0 Å². The van der Waals surface area contributed by atoms with Crippen molar-refractivity contribution >= 4 is 3.71 Å². The Morgan fingerprint density at radius 1 is 0.689 bits per heavy atom. The summed E-state index contributed by atoms with van der Waals surface area (Å²) < 4.78 is 18.9. The van der Waals surface area contributed by atoms with Gasteiger partial charge in [-0.05, 0) is 0 Å². The second kappa shape index (κ2) is 13.9. The molecule has 0 saturated carbocycles. The van der Waals surface area contributed by atoms with Crippen LogP contribution in [-0.2, 0) is 32.1 Å². The third-order valence-electron chi connectivity index (χ3n) is 9.56. The van der Waals surface area contributed by atoms with Crippen molar-refractivity contribution in [2.45, 2.75) is 103 Å². The Kier molecular flexibility index (Phi) is 11.7. The molecule has 3 aromatic carbocycles. The predicted octanol–water partition coefficient (Wildman–Crippen LogP) is 5.64. The summed E-state index contributed by atoms with van der Waals surface area (Å²) in [5.74, 6) is 0.311. The van der Waals surface area contributed by atoms with Gasteiger partial charge in [-0.15, -0.1) is 0 Å². The first kappa shape index (κ1) is 37.9. The van der Waals surface area contributed by atoms with Crippen molar-refractivity contribution in [1.82, 2.24) is 0 Å². The molecule has 4 heteroatoms. The largest absolute Gasteiger partial charge is 1.00 e. The molecule has 0 nitrogen and oxygen atoms in total. The van der Waals surface area contributed by atoms with Gasteiger partial charge < -0.3 is 24.8 Å². The van der Waals surface area contributed by atoms with E-state index in [4.69, 9.17) is 0 Å². The van der Waals surface area contributed by atoms with Crippen molar-refractivity contribution in [3.05, 3.63) is 115 Å². The molecule has 0 spiro atoms. The molecule has 45 heavy (non-hydrogen) atoms. The van der Waals surface area contributed by atoms with Gasteiger partial charge in [0.25, 0.3) is 0 Å². The van der Waals surface area contributed by atoms with E-state index in [0.29, 0.717) is 9.54 Å². The average molecular weight is 725 g/mol. The molecule has 2 aliphatic carbocycles. The third-order valence-corrected chi connectivity index (χ3v) is 17.4. The van der Waals surface area contributed by atoms with Crippen molar-refractivity contribution in [2.24, 2.45) is 11.3 Å². The third kappa shape index (κ3) is 7.45. The molecule has 5 rings (SSSR count). The zero-order chi connectivity index (χ0) is 31.5. The van der Waals surface area contributed by atoms with E-state index >= 15 is 0 Å². The zero-order valence-electron chi connectivity index (χ0n) is 29.1. The molecular weight excluding hydrogens is 674 g/mol. The second-order valence-corrected chi connectivity index (χ2v) is 21.5.